The fourth-order valence-electron chi connectivity index (χ4n) is 3.50. The van der Waals surface area contributed by atoms with Crippen LogP contribution in [-0.4, -0.2) is 54.8 Å². The van der Waals surface area contributed by atoms with Crippen LogP contribution in [0, 0.1) is 0 Å². The topological polar surface area (TPSA) is 111 Å². The Morgan fingerprint density at radius 1 is 0.595 bits per heavy atom. The molecule has 0 saturated heterocycles. The van der Waals surface area contributed by atoms with Gasteiger partial charge in [-0.2, -0.15) is 0 Å². The summed E-state index contributed by atoms with van der Waals surface area (Å²) in [5.74, 6) is -1.59. The van der Waals surface area contributed by atoms with Gasteiger partial charge in [-0.05, 0) is 36.2 Å². The molecule has 0 saturated carbocycles. The quantitative estimate of drug-likeness (QED) is 0.117. The van der Waals surface area contributed by atoms with E-state index in [1.54, 1.807) is 0 Å². The molecule has 0 aliphatic carbocycles. The molecule has 9 heteroatoms. The van der Waals surface area contributed by atoms with Gasteiger partial charge < -0.3 is 26.6 Å². The van der Waals surface area contributed by atoms with Crippen LogP contribution in [0.1, 0.15) is 5.56 Å². The van der Waals surface area contributed by atoms with Gasteiger partial charge in [0.25, 0.3) is 11.8 Å². The van der Waals surface area contributed by atoms with E-state index in [4.69, 9.17) is 0 Å². The Bertz CT molecular complexity index is 1060. The van der Waals surface area contributed by atoms with Crippen molar-refractivity contribution in [2.45, 2.75) is 17.3 Å². The molecule has 3 rings (SSSR count). The molecule has 3 aromatic rings. The van der Waals surface area contributed by atoms with Crippen molar-refractivity contribution in [2.24, 2.45) is 0 Å². The third kappa shape index (κ3) is 9.97. The highest BCUT2D eigenvalue weighted by Gasteiger charge is 2.30. The predicted molar refractivity (Wildman–Crippen MR) is 151 cm³/mol. The van der Waals surface area contributed by atoms with Crippen molar-refractivity contribution in [3.8, 4) is 0 Å². The van der Waals surface area contributed by atoms with Gasteiger partial charge >= 0.3 is 0 Å². The summed E-state index contributed by atoms with van der Waals surface area (Å²) >= 11 is 3.39. The van der Waals surface area contributed by atoms with Crippen molar-refractivity contribution < 1.29 is 14.4 Å². The molecule has 0 heterocycles. The number of nitrogens with one attached hydrogen (secondary N) is 5. The van der Waals surface area contributed by atoms with Crippen LogP contribution >= 0.6 is 15.9 Å². The summed E-state index contributed by atoms with van der Waals surface area (Å²) in [4.78, 5) is 38.1. The molecule has 0 bridgehead atoms. The molecule has 0 unspecified atom stereocenters. The smallest absolute Gasteiger partial charge is 0.252 e. The molecular formula is C28H32BrN5O3. The Hall–Kier alpha value is -3.85. The number of halogens is 1. The highest BCUT2D eigenvalue weighted by Crippen LogP contribution is 2.10. The van der Waals surface area contributed by atoms with Crippen molar-refractivity contribution in [1.29, 1.82) is 0 Å². The highest BCUT2D eigenvalue weighted by atomic mass is 79.9. The first-order valence-electron chi connectivity index (χ1n) is 12.1. The zero-order chi connectivity index (χ0) is 26.3. The van der Waals surface area contributed by atoms with Gasteiger partial charge in [-0.1, -0.05) is 82.7 Å². The molecule has 8 nitrogen and oxygen atoms in total. The fourth-order valence-corrected chi connectivity index (χ4v) is 4.00. The third-order valence-corrected chi connectivity index (χ3v) is 6.15. The molecule has 5 N–H and O–H groups in total. The first kappa shape index (κ1) is 27.7. The van der Waals surface area contributed by atoms with Crippen LogP contribution in [0.3, 0.4) is 0 Å². The molecule has 1 atom stereocenters. The molecule has 3 aromatic carbocycles. The zero-order valence-corrected chi connectivity index (χ0v) is 22.0. The van der Waals surface area contributed by atoms with Crippen molar-refractivity contribution in [1.82, 2.24) is 16.0 Å². The number of hydrogen-bond donors (Lipinski definition) is 5. The maximum Gasteiger partial charge on any atom is 0.252 e. The number of rotatable bonds is 14. The Labute approximate surface area is 225 Å². The molecule has 0 spiro atoms. The summed E-state index contributed by atoms with van der Waals surface area (Å²) in [6.45, 7) is 1.50. The molecule has 0 radical (unpaired) electrons. The van der Waals surface area contributed by atoms with Gasteiger partial charge in [-0.3, -0.25) is 14.4 Å². The van der Waals surface area contributed by atoms with Gasteiger partial charge in [0.2, 0.25) is 5.91 Å². The van der Waals surface area contributed by atoms with Gasteiger partial charge in [0.1, 0.15) is 0 Å². The van der Waals surface area contributed by atoms with E-state index in [0.717, 1.165) is 16.9 Å². The maximum absolute atomic E-state index is 12.9. The van der Waals surface area contributed by atoms with Gasteiger partial charge in [0.05, 0.1) is 4.83 Å². The average molecular weight is 567 g/mol. The lowest BCUT2D eigenvalue weighted by atomic mass is 10.1. The first-order valence-corrected chi connectivity index (χ1v) is 13.1. The van der Waals surface area contributed by atoms with Gasteiger partial charge in [-0.25, -0.2) is 0 Å². The number of amides is 3. The van der Waals surface area contributed by atoms with Gasteiger partial charge in [0.15, 0.2) is 6.04 Å². The van der Waals surface area contributed by atoms with Crippen LogP contribution in [0.5, 0.6) is 0 Å². The average Bonchev–Trinajstić information content (AvgIpc) is 2.93. The second-order valence-electron chi connectivity index (χ2n) is 8.27. The highest BCUT2D eigenvalue weighted by molar-refractivity contribution is 9.10. The minimum atomic E-state index is -1.36. The van der Waals surface area contributed by atoms with Crippen molar-refractivity contribution in [3.63, 3.8) is 0 Å². The molecule has 0 fully saturated rings. The minimum Gasteiger partial charge on any atom is -0.383 e. The Balaban J connectivity index is 1.53. The monoisotopic (exact) mass is 565 g/mol. The van der Waals surface area contributed by atoms with Crippen molar-refractivity contribution >= 4 is 45.0 Å². The Kier molecular flexibility index (Phi) is 11.5. The third-order valence-electron chi connectivity index (χ3n) is 5.41. The van der Waals surface area contributed by atoms with E-state index in [1.165, 1.54) is 0 Å². The van der Waals surface area contributed by atoms with E-state index >= 15 is 0 Å². The second-order valence-corrected chi connectivity index (χ2v) is 9.37. The Morgan fingerprint density at radius 2 is 1.03 bits per heavy atom. The molecule has 0 aliphatic heterocycles. The first-order chi connectivity index (χ1) is 18.0. The molecule has 0 aromatic heterocycles. The largest absolute Gasteiger partial charge is 0.383 e. The molecule has 37 heavy (non-hydrogen) atoms. The van der Waals surface area contributed by atoms with E-state index in [9.17, 15) is 14.4 Å². The van der Waals surface area contributed by atoms with E-state index < -0.39 is 28.6 Å². The number of alkyl halides is 1. The number of anilines is 2. The van der Waals surface area contributed by atoms with Crippen molar-refractivity contribution in [3.05, 3.63) is 96.6 Å². The molecule has 3 amide bonds. The number of benzene rings is 3. The number of carbonyl (C=O) groups excluding carboxylic acids is 3. The van der Waals surface area contributed by atoms with Crippen LogP contribution in [-0.2, 0) is 20.8 Å². The predicted octanol–water partition coefficient (Wildman–Crippen LogP) is 2.93. The van der Waals surface area contributed by atoms with Crippen LogP contribution in [0.15, 0.2) is 91.0 Å². The Morgan fingerprint density at radius 3 is 1.49 bits per heavy atom. The number of carbonyl (C=O) groups is 3. The molecule has 0 aliphatic rings. The second kappa shape index (κ2) is 15.3. The molecule has 194 valence electrons. The van der Waals surface area contributed by atoms with Gasteiger partial charge in [0, 0.05) is 37.6 Å². The van der Waals surface area contributed by atoms with E-state index in [2.05, 4.69) is 42.5 Å². The number of para-hydroxylation sites is 2. The number of hydrogen-bond acceptors (Lipinski definition) is 5. The maximum atomic E-state index is 12.9. The standard InChI is InChI=1S/C28H32BrN5O3/c29-24(20-21-10-4-1-5-11-21)26(35)34-25(27(36)32-18-16-30-22-12-6-2-7-13-22)28(37)33-19-17-31-23-14-8-3-9-15-23/h1-15,24-25,30-31H,16-20H2,(H,32,36)(H,33,37)(H,34,35)/t24-/m1/s1. The van der Waals surface area contributed by atoms with Crippen LogP contribution < -0.4 is 26.6 Å². The minimum absolute atomic E-state index is 0.282. The lowest BCUT2D eigenvalue weighted by molar-refractivity contribution is -0.136. The summed E-state index contributed by atoms with van der Waals surface area (Å²) in [5.41, 5.74) is 2.81. The zero-order valence-electron chi connectivity index (χ0n) is 20.5. The summed E-state index contributed by atoms with van der Waals surface area (Å²) in [6, 6.07) is 27.3. The van der Waals surface area contributed by atoms with Crippen LogP contribution in [0.2, 0.25) is 0 Å². The van der Waals surface area contributed by atoms with E-state index in [1.807, 2.05) is 91.0 Å². The van der Waals surface area contributed by atoms with Crippen LogP contribution in [0.25, 0.3) is 0 Å². The van der Waals surface area contributed by atoms with Crippen molar-refractivity contribution in [2.75, 3.05) is 36.8 Å². The lowest BCUT2D eigenvalue weighted by Gasteiger charge is -2.20. The normalized spacial score (nSPS) is 11.3. The SMILES string of the molecule is O=C(NCCNc1ccccc1)C(NC(=O)[C@H](Br)Cc1ccccc1)C(=O)NCCNc1ccccc1. The lowest BCUT2D eigenvalue weighted by Crippen LogP contribution is -2.57. The van der Waals surface area contributed by atoms with E-state index in [0.29, 0.717) is 19.5 Å². The molecular weight excluding hydrogens is 534 g/mol. The van der Waals surface area contributed by atoms with Crippen LogP contribution in [0.4, 0.5) is 11.4 Å². The summed E-state index contributed by atoms with van der Waals surface area (Å²) in [7, 11) is 0. The fraction of sp³-hybridized carbons (Fsp3) is 0.250. The summed E-state index contributed by atoms with van der Waals surface area (Å²) in [5, 5.41) is 14.5. The van der Waals surface area contributed by atoms with Gasteiger partial charge in [-0.15, -0.1) is 0 Å². The van der Waals surface area contributed by atoms with E-state index in [-0.39, 0.29) is 13.1 Å². The summed E-state index contributed by atoms with van der Waals surface area (Å²) in [6.07, 6.45) is 0.421. The summed E-state index contributed by atoms with van der Waals surface area (Å²) < 4.78 is 0.